The van der Waals surface area contributed by atoms with E-state index in [0.717, 1.165) is 36.9 Å². The molecule has 0 radical (unpaired) electrons. The Morgan fingerprint density at radius 1 is 1.27 bits per heavy atom. The molecule has 3 rings (SSSR count). The van der Waals surface area contributed by atoms with Crippen LogP contribution in [-0.2, 0) is 13.1 Å². The fourth-order valence-corrected chi connectivity index (χ4v) is 4.07. The lowest BCUT2D eigenvalue weighted by molar-refractivity contribution is 0.0883. The maximum atomic E-state index is 14.0. The molecule has 30 heavy (non-hydrogen) atoms. The summed E-state index contributed by atoms with van der Waals surface area (Å²) in [5, 5.41) is 2.78. The van der Waals surface area contributed by atoms with Crippen LogP contribution in [0.4, 0.5) is 13.6 Å². The Hall–Kier alpha value is -2.67. The van der Waals surface area contributed by atoms with Crippen LogP contribution >= 0.6 is 0 Å². The summed E-state index contributed by atoms with van der Waals surface area (Å²) in [6.45, 7) is 4.27. The molecule has 0 bridgehead atoms. The zero-order chi connectivity index (χ0) is 21.7. The molecule has 0 aromatic heterocycles. The summed E-state index contributed by atoms with van der Waals surface area (Å²) in [6, 6.07) is 11.4. The maximum Gasteiger partial charge on any atom is 0.318 e. The largest absolute Gasteiger partial charge is 0.497 e. The van der Waals surface area contributed by atoms with Crippen LogP contribution in [0.15, 0.2) is 42.5 Å². The first kappa shape index (κ1) is 22.0. The third-order valence-corrected chi connectivity index (χ3v) is 5.67. The van der Waals surface area contributed by atoms with Crippen LogP contribution in [0.1, 0.15) is 24.5 Å². The van der Waals surface area contributed by atoms with Gasteiger partial charge in [-0.3, -0.25) is 0 Å². The van der Waals surface area contributed by atoms with Crippen molar-refractivity contribution in [3.05, 3.63) is 65.2 Å². The number of carbonyl (C=O) groups is 1. The van der Waals surface area contributed by atoms with Gasteiger partial charge in [-0.05, 0) is 49.7 Å². The van der Waals surface area contributed by atoms with Gasteiger partial charge in [0.25, 0.3) is 0 Å². The molecular formula is C23H29F2N3O2. The van der Waals surface area contributed by atoms with Crippen molar-refractivity contribution in [2.24, 2.45) is 5.92 Å². The number of likely N-dealkylation sites (tertiary alicyclic amines) is 1. The van der Waals surface area contributed by atoms with Gasteiger partial charge in [-0.15, -0.1) is 0 Å². The number of hydrogen-bond acceptors (Lipinski definition) is 3. The molecule has 0 spiro atoms. The van der Waals surface area contributed by atoms with Gasteiger partial charge in [-0.25, -0.2) is 13.6 Å². The number of amides is 2. The molecule has 0 aliphatic carbocycles. The number of carbonyl (C=O) groups excluding carboxylic acids is 1. The zero-order valence-corrected chi connectivity index (χ0v) is 17.7. The summed E-state index contributed by atoms with van der Waals surface area (Å²) >= 11 is 0. The Morgan fingerprint density at radius 2 is 2.03 bits per heavy atom. The van der Waals surface area contributed by atoms with E-state index >= 15 is 0 Å². The Labute approximate surface area is 176 Å². The van der Waals surface area contributed by atoms with Crippen LogP contribution in [-0.4, -0.2) is 49.1 Å². The highest BCUT2D eigenvalue weighted by molar-refractivity contribution is 5.74. The molecule has 162 valence electrons. The lowest BCUT2D eigenvalue weighted by Gasteiger charge is -2.41. The summed E-state index contributed by atoms with van der Waals surface area (Å²) in [5.41, 5.74) is 1.08. The molecule has 2 amide bonds. The predicted molar refractivity (Wildman–Crippen MR) is 112 cm³/mol. The number of nitrogens with zero attached hydrogens (tertiary/aromatic N) is 2. The Kier molecular flexibility index (Phi) is 7.26. The molecule has 1 aliphatic heterocycles. The average Bonchev–Trinajstić information content (AvgIpc) is 2.73. The molecule has 2 aromatic carbocycles. The van der Waals surface area contributed by atoms with E-state index in [0.29, 0.717) is 6.54 Å². The average molecular weight is 418 g/mol. The van der Waals surface area contributed by atoms with Crippen molar-refractivity contribution >= 4 is 6.03 Å². The second kappa shape index (κ2) is 9.89. The van der Waals surface area contributed by atoms with Gasteiger partial charge in [0.05, 0.1) is 7.11 Å². The smallest absolute Gasteiger partial charge is 0.318 e. The van der Waals surface area contributed by atoms with Gasteiger partial charge < -0.3 is 19.9 Å². The third kappa shape index (κ3) is 5.27. The molecule has 1 heterocycles. The second-order valence-corrected chi connectivity index (χ2v) is 7.95. The lowest BCUT2D eigenvalue weighted by Crippen LogP contribution is -2.53. The number of piperidine rings is 1. The van der Waals surface area contributed by atoms with E-state index in [2.05, 4.69) is 24.2 Å². The monoisotopic (exact) mass is 417 g/mol. The lowest BCUT2D eigenvalue weighted by atomic mass is 9.92. The van der Waals surface area contributed by atoms with Crippen molar-refractivity contribution in [2.75, 3.05) is 27.2 Å². The van der Waals surface area contributed by atoms with Crippen molar-refractivity contribution in [2.45, 2.75) is 32.5 Å². The van der Waals surface area contributed by atoms with Gasteiger partial charge in [0.2, 0.25) is 0 Å². The first-order chi connectivity index (χ1) is 14.4. The third-order valence-electron chi connectivity index (χ3n) is 5.67. The fraction of sp³-hybridized carbons (Fsp3) is 0.435. The minimum absolute atomic E-state index is 0.0461. The highest BCUT2D eigenvalue weighted by Crippen LogP contribution is 2.24. The number of methoxy groups -OCH3 is 1. The molecule has 2 unspecified atom stereocenters. The van der Waals surface area contributed by atoms with E-state index < -0.39 is 11.6 Å². The maximum absolute atomic E-state index is 14.0. The molecule has 1 N–H and O–H groups in total. The van der Waals surface area contributed by atoms with Gasteiger partial charge in [-0.1, -0.05) is 31.2 Å². The van der Waals surface area contributed by atoms with Gasteiger partial charge in [-0.2, -0.15) is 0 Å². The van der Waals surface area contributed by atoms with Gasteiger partial charge in [0.15, 0.2) is 11.6 Å². The topological polar surface area (TPSA) is 44.8 Å². The molecule has 0 saturated carbocycles. The quantitative estimate of drug-likeness (QED) is 0.772. The molecular weight excluding hydrogens is 388 g/mol. The van der Waals surface area contributed by atoms with Crippen LogP contribution in [0.25, 0.3) is 0 Å². The van der Waals surface area contributed by atoms with E-state index in [1.165, 1.54) is 12.1 Å². The van der Waals surface area contributed by atoms with Crippen molar-refractivity contribution in [1.82, 2.24) is 15.1 Å². The van der Waals surface area contributed by atoms with Crippen LogP contribution in [0.5, 0.6) is 5.75 Å². The van der Waals surface area contributed by atoms with Gasteiger partial charge >= 0.3 is 6.03 Å². The number of rotatable bonds is 6. The number of nitrogens with one attached hydrogen (secondary N) is 1. The first-order valence-electron chi connectivity index (χ1n) is 10.2. The molecule has 2 aromatic rings. The molecule has 5 nitrogen and oxygen atoms in total. The Balaban J connectivity index is 1.78. The van der Waals surface area contributed by atoms with E-state index in [-0.39, 0.29) is 30.1 Å². The van der Waals surface area contributed by atoms with Crippen LogP contribution in [0, 0.1) is 17.6 Å². The van der Waals surface area contributed by atoms with Crippen molar-refractivity contribution in [3.63, 3.8) is 0 Å². The SMILES string of the molecule is COc1cccc(CN(C(=O)NCc2cccc(F)c2F)C2CCN(C)CC2C)c1. The number of urea groups is 1. The number of hydrogen-bond donors (Lipinski definition) is 1. The van der Waals surface area contributed by atoms with E-state index in [1.807, 2.05) is 29.2 Å². The van der Waals surface area contributed by atoms with E-state index in [4.69, 9.17) is 4.74 Å². The van der Waals surface area contributed by atoms with Crippen LogP contribution < -0.4 is 10.1 Å². The standard InChI is InChI=1S/C23H29F2N3O2/c1-16-14-27(2)11-10-21(16)28(15-17-6-4-8-19(12-17)30-3)23(29)26-13-18-7-5-9-20(24)22(18)25/h4-9,12,16,21H,10-11,13-15H2,1-3H3,(H,26,29). The Bertz CT molecular complexity index is 877. The summed E-state index contributed by atoms with van der Waals surface area (Å²) in [7, 11) is 3.68. The normalized spacial score (nSPS) is 19.4. The molecule has 2 atom stereocenters. The number of ether oxygens (including phenoxy) is 1. The summed E-state index contributed by atoms with van der Waals surface area (Å²) in [6.07, 6.45) is 0.851. The number of benzene rings is 2. The molecule has 1 fully saturated rings. The van der Waals surface area contributed by atoms with Gasteiger partial charge in [0, 0.05) is 31.2 Å². The van der Waals surface area contributed by atoms with E-state index in [1.54, 1.807) is 7.11 Å². The first-order valence-corrected chi connectivity index (χ1v) is 10.2. The highest BCUT2D eigenvalue weighted by atomic mass is 19.2. The van der Waals surface area contributed by atoms with E-state index in [9.17, 15) is 13.6 Å². The van der Waals surface area contributed by atoms with Crippen molar-refractivity contribution < 1.29 is 18.3 Å². The minimum atomic E-state index is -0.926. The molecule has 7 heteroatoms. The summed E-state index contributed by atoms with van der Waals surface area (Å²) in [4.78, 5) is 17.2. The molecule has 1 saturated heterocycles. The summed E-state index contributed by atoms with van der Waals surface area (Å²) < 4.78 is 32.8. The highest BCUT2D eigenvalue weighted by Gasteiger charge is 2.32. The van der Waals surface area contributed by atoms with Crippen LogP contribution in [0.3, 0.4) is 0 Å². The zero-order valence-electron chi connectivity index (χ0n) is 17.7. The van der Waals surface area contributed by atoms with Gasteiger partial charge in [0.1, 0.15) is 5.75 Å². The fourth-order valence-electron chi connectivity index (χ4n) is 4.07. The molecule has 1 aliphatic rings. The van der Waals surface area contributed by atoms with Crippen LogP contribution in [0.2, 0.25) is 0 Å². The summed E-state index contributed by atoms with van der Waals surface area (Å²) in [5.74, 6) is -0.833. The van der Waals surface area contributed by atoms with Crippen molar-refractivity contribution in [1.29, 1.82) is 0 Å². The Morgan fingerprint density at radius 3 is 2.77 bits per heavy atom. The van der Waals surface area contributed by atoms with Crippen molar-refractivity contribution in [3.8, 4) is 5.75 Å². The minimum Gasteiger partial charge on any atom is -0.497 e. The number of halogens is 2. The second-order valence-electron chi connectivity index (χ2n) is 7.95. The predicted octanol–water partition coefficient (Wildman–Crippen LogP) is 4.03.